The second kappa shape index (κ2) is 8.58. The Hall–Kier alpha value is -1.69. The van der Waals surface area contributed by atoms with E-state index in [1.165, 1.54) is 41.7 Å². The normalized spacial score (nSPS) is 24.0. The van der Waals surface area contributed by atoms with Gasteiger partial charge < -0.3 is 4.90 Å². The molecule has 1 aromatic heterocycles. The monoisotopic (exact) mass is 409 g/mol. The SMILES string of the molecule is O=C(CN1CCN(C2CCCC2)CC1)N1CCc2sccc2C1c1ccccc1. The van der Waals surface area contributed by atoms with Gasteiger partial charge in [-0.1, -0.05) is 43.2 Å². The molecule has 2 aromatic rings. The summed E-state index contributed by atoms with van der Waals surface area (Å²) in [5.41, 5.74) is 2.55. The Morgan fingerprint density at radius 2 is 1.72 bits per heavy atom. The van der Waals surface area contributed by atoms with Crippen LogP contribution in [0.1, 0.15) is 47.7 Å². The summed E-state index contributed by atoms with van der Waals surface area (Å²) in [6.07, 6.45) is 6.51. The third kappa shape index (κ3) is 4.00. The Kier molecular flexibility index (Phi) is 5.71. The molecule has 1 unspecified atom stereocenters. The lowest BCUT2D eigenvalue weighted by atomic mass is 9.93. The van der Waals surface area contributed by atoms with Crippen molar-refractivity contribution in [3.8, 4) is 0 Å². The number of hydrogen-bond donors (Lipinski definition) is 0. The van der Waals surface area contributed by atoms with Crippen LogP contribution in [0.4, 0.5) is 0 Å². The van der Waals surface area contributed by atoms with Crippen molar-refractivity contribution in [3.05, 3.63) is 57.8 Å². The minimum atomic E-state index is 0.0680. The maximum absolute atomic E-state index is 13.4. The molecule has 4 nitrogen and oxygen atoms in total. The zero-order valence-corrected chi connectivity index (χ0v) is 17.9. The van der Waals surface area contributed by atoms with Gasteiger partial charge in [0.2, 0.25) is 5.91 Å². The number of piperazine rings is 1. The molecule has 0 spiro atoms. The number of nitrogens with zero attached hydrogens (tertiary/aromatic N) is 3. The van der Waals surface area contributed by atoms with Crippen LogP contribution in [-0.4, -0.2) is 65.9 Å². The average molecular weight is 410 g/mol. The Morgan fingerprint density at radius 3 is 2.48 bits per heavy atom. The molecular weight excluding hydrogens is 378 g/mol. The van der Waals surface area contributed by atoms with E-state index in [0.29, 0.717) is 6.54 Å². The average Bonchev–Trinajstić information content (AvgIpc) is 3.46. The molecule has 1 saturated heterocycles. The lowest BCUT2D eigenvalue weighted by Gasteiger charge is -2.40. The highest BCUT2D eigenvalue weighted by atomic mass is 32.1. The van der Waals surface area contributed by atoms with Crippen molar-refractivity contribution >= 4 is 17.2 Å². The van der Waals surface area contributed by atoms with Crippen LogP contribution in [0.3, 0.4) is 0 Å². The van der Waals surface area contributed by atoms with Crippen molar-refractivity contribution in [2.24, 2.45) is 0 Å². The first-order valence-electron chi connectivity index (χ1n) is 11.2. The highest BCUT2D eigenvalue weighted by Crippen LogP contribution is 2.37. The molecule has 5 heteroatoms. The minimum absolute atomic E-state index is 0.0680. The van der Waals surface area contributed by atoms with Crippen LogP contribution in [0.5, 0.6) is 0 Å². The number of thiophene rings is 1. The lowest BCUT2D eigenvalue weighted by molar-refractivity contribution is -0.135. The summed E-state index contributed by atoms with van der Waals surface area (Å²) >= 11 is 1.83. The zero-order valence-electron chi connectivity index (χ0n) is 17.1. The van der Waals surface area contributed by atoms with E-state index in [0.717, 1.165) is 45.2 Å². The molecule has 154 valence electrons. The largest absolute Gasteiger partial charge is 0.330 e. The van der Waals surface area contributed by atoms with E-state index < -0.39 is 0 Å². The highest BCUT2D eigenvalue weighted by molar-refractivity contribution is 7.10. The Bertz CT molecular complexity index is 822. The fourth-order valence-electron chi connectivity index (χ4n) is 5.42. The van der Waals surface area contributed by atoms with Gasteiger partial charge in [0.05, 0.1) is 12.6 Å². The van der Waals surface area contributed by atoms with Gasteiger partial charge >= 0.3 is 0 Å². The van der Waals surface area contributed by atoms with Gasteiger partial charge in [0, 0.05) is 43.6 Å². The Balaban J connectivity index is 1.26. The molecule has 0 bridgehead atoms. The second-order valence-electron chi connectivity index (χ2n) is 8.70. The summed E-state index contributed by atoms with van der Waals surface area (Å²) in [6, 6.07) is 13.6. The minimum Gasteiger partial charge on any atom is -0.330 e. The highest BCUT2D eigenvalue weighted by Gasteiger charge is 2.34. The van der Waals surface area contributed by atoms with Gasteiger partial charge in [0.15, 0.2) is 0 Å². The van der Waals surface area contributed by atoms with Crippen molar-refractivity contribution in [1.29, 1.82) is 0 Å². The van der Waals surface area contributed by atoms with Crippen LogP contribution in [0.2, 0.25) is 0 Å². The summed E-state index contributed by atoms with van der Waals surface area (Å²) in [5.74, 6) is 0.282. The third-order valence-electron chi connectivity index (χ3n) is 7.01. The first-order chi connectivity index (χ1) is 14.3. The third-order valence-corrected chi connectivity index (χ3v) is 8.00. The van der Waals surface area contributed by atoms with Crippen molar-refractivity contribution < 1.29 is 4.79 Å². The first-order valence-corrected chi connectivity index (χ1v) is 12.0. The molecule has 29 heavy (non-hydrogen) atoms. The fraction of sp³-hybridized carbons (Fsp3) is 0.542. The lowest BCUT2D eigenvalue weighted by Crippen LogP contribution is -2.53. The molecule has 2 fully saturated rings. The maximum atomic E-state index is 13.4. The molecule has 2 aliphatic heterocycles. The summed E-state index contributed by atoms with van der Waals surface area (Å²) in [7, 11) is 0. The number of hydrogen-bond acceptors (Lipinski definition) is 4. The molecule has 1 aromatic carbocycles. The molecule has 1 amide bonds. The molecular formula is C24H31N3OS. The van der Waals surface area contributed by atoms with Crippen LogP contribution in [0, 0.1) is 0 Å². The van der Waals surface area contributed by atoms with Gasteiger partial charge in [0.1, 0.15) is 0 Å². The maximum Gasteiger partial charge on any atom is 0.237 e. The van der Waals surface area contributed by atoms with Crippen LogP contribution >= 0.6 is 11.3 Å². The predicted octanol–water partition coefficient (Wildman–Crippen LogP) is 3.78. The van der Waals surface area contributed by atoms with Crippen molar-refractivity contribution in [1.82, 2.24) is 14.7 Å². The number of rotatable bonds is 4. The molecule has 3 heterocycles. The van der Waals surface area contributed by atoms with E-state index in [4.69, 9.17) is 0 Å². The van der Waals surface area contributed by atoms with E-state index in [2.05, 4.69) is 56.5 Å². The smallest absolute Gasteiger partial charge is 0.237 e. The van der Waals surface area contributed by atoms with Gasteiger partial charge in [-0.05, 0) is 41.8 Å². The van der Waals surface area contributed by atoms with E-state index in [9.17, 15) is 4.79 Å². The van der Waals surface area contributed by atoms with Crippen LogP contribution < -0.4 is 0 Å². The molecule has 3 aliphatic rings. The van der Waals surface area contributed by atoms with E-state index in [1.807, 2.05) is 11.3 Å². The van der Waals surface area contributed by atoms with Crippen molar-refractivity contribution in [3.63, 3.8) is 0 Å². The molecule has 5 rings (SSSR count). The molecule has 0 N–H and O–H groups in total. The van der Waals surface area contributed by atoms with E-state index in [1.54, 1.807) is 0 Å². The van der Waals surface area contributed by atoms with Gasteiger partial charge in [-0.2, -0.15) is 0 Å². The number of fused-ring (bicyclic) bond motifs is 1. The standard InChI is InChI=1S/C24H31N3OS/c28-23(18-25-13-15-26(16-14-25)20-8-4-5-9-20)27-12-10-22-21(11-17-29-22)24(27)19-6-2-1-3-7-19/h1-3,6-7,11,17,20,24H,4-5,8-10,12-16,18H2. The predicted molar refractivity (Wildman–Crippen MR) is 118 cm³/mol. The molecule has 0 radical (unpaired) electrons. The quantitative estimate of drug-likeness (QED) is 0.769. The summed E-state index contributed by atoms with van der Waals surface area (Å²) in [4.78, 5) is 22.0. The van der Waals surface area contributed by atoms with Crippen LogP contribution in [0.15, 0.2) is 41.8 Å². The summed E-state index contributed by atoms with van der Waals surface area (Å²) in [5, 5.41) is 2.18. The summed E-state index contributed by atoms with van der Waals surface area (Å²) in [6.45, 7) is 5.67. The Labute approximate surface area is 178 Å². The molecule has 1 saturated carbocycles. The van der Waals surface area contributed by atoms with Gasteiger partial charge in [-0.15, -0.1) is 11.3 Å². The first kappa shape index (κ1) is 19.3. The van der Waals surface area contributed by atoms with Crippen LogP contribution in [0.25, 0.3) is 0 Å². The number of carbonyl (C=O) groups is 1. The number of carbonyl (C=O) groups excluding carboxylic acids is 1. The van der Waals surface area contributed by atoms with Gasteiger partial charge in [0.25, 0.3) is 0 Å². The fourth-order valence-corrected chi connectivity index (χ4v) is 6.32. The molecule has 1 aliphatic carbocycles. The number of amides is 1. The summed E-state index contributed by atoms with van der Waals surface area (Å²) < 4.78 is 0. The second-order valence-corrected chi connectivity index (χ2v) is 9.70. The number of benzene rings is 1. The topological polar surface area (TPSA) is 26.8 Å². The van der Waals surface area contributed by atoms with Crippen molar-refractivity contribution in [2.45, 2.75) is 44.2 Å². The Morgan fingerprint density at radius 1 is 0.966 bits per heavy atom. The van der Waals surface area contributed by atoms with Crippen molar-refractivity contribution in [2.75, 3.05) is 39.3 Å². The van der Waals surface area contributed by atoms with E-state index >= 15 is 0 Å². The van der Waals surface area contributed by atoms with Gasteiger partial charge in [-0.3, -0.25) is 14.6 Å². The van der Waals surface area contributed by atoms with E-state index in [-0.39, 0.29) is 11.9 Å². The zero-order chi connectivity index (χ0) is 19.6. The van der Waals surface area contributed by atoms with Gasteiger partial charge in [-0.25, -0.2) is 0 Å². The van der Waals surface area contributed by atoms with Crippen LogP contribution in [-0.2, 0) is 11.2 Å². The molecule has 1 atom stereocenters.